The Kier molecular flexibility index (Phi) is 5.19. The highest BCUT2D eigenvalue weighted by atomic mass is 16.2. The SMILES string of the molecule is CNC(=O)Cn1c(=O)n(C2CCN(C3Cc4ccc(C#N)c5cccc3c45)CC2)c2ccccc21. The molecule has 7 heteroatoms. The zero-order chi connectivity index (χ0) is 24.1. The summed E-state index contributed by atoms with van der Waals surface area (Å²) in [4.78, 5) is 28.0. The molecule has 0 spiro atoms. The lowest BCUT2D eigenvalue weighted by Crippen LogP contribution is -2.40. The molecule has 1 aliphatic carbocycles. The average Bonchev–Trinajstić information content (AvgIpc) is 3.41. The quantitative estimate of drug-likeness (QED) is 0.500. The van der Waals surface area contributed by atoms with Gasteiger partial charge in [0.15, 0.2) is 0 Å². The number of hydrogen-bond acceptors (Lipinski definition) is 4. The topological polar surface area (TPSA) is 83.1 Å². The number of benzene rings is 3. The second kappa shape index (κ2) is 8.40. The molecule has 2 heterocycles. The first kappa shape index (κ1) is 21.6. The highest BCUT2D eigenvalue weighted by Crippen LogP contribution is 2.42. The van der Waals surface area contributed by atoms with E-state index in [1.54, 1.807) is 11.6 Å². The van der Waals surface area contributed by atoms with E-state index in [9.17, 15) is 14.9 Å². The molecule has 176 valence electrons. The number of likely N-dealkylation sites (N-methyl/N-ethyl adjacent to an activating group) is 1. The standard InChI is InChI=1S/C28H27N5O2/c1-30-26(34)17-32-23-7-2-3-8-24(23)33(28(32)35)20-11-13-31(14-12-20)25-15-18-9-10-19(16-29)21-5-4-6-22(25)27(18)21/h2-10,20,25H,11-15,17H2,1H3,(H,30,34). The molecule has 3 aromatic carbocycles. The number of hydrogen-bond donors (Lipinski definition) is 1. The van der Waals surface area contributed by atoms with Gasteiger partial charge in [0.25, 0.3) is 0 Å². The van der Waals surface area contributed by atoms with E-state index in [4.69, 9.17) is 0 Å². The molecule has 2 aliphatic rings. The fraction of sp³-hybridized carbons (Fsp3) is 0.321. The number of aromatic nitrogens is 2. The Morgan fingerprint density at radius 1 is 1.06 bits per heavy atom. The van der Waals surface area contributed by atoms with Gasteiger partial charge in [-0.3, -0.25) is 18.8 Å². The summed E-state index contributed by atoms with van der Waals surface area (Å²) in [5.74, 6) is -0.181. The van der Waals surface area contributed by atoms with Crippen LogP contribution in [-0.2, 0) is 17.8 Å². The van der Waals surface area contributed by atoms with Crippen molar-refractivity contribution in [3.8, 4) is 6.07 Å². The van der Waals surface area contributed by atoms with Crippen LogP contribution in [0.15, 0.2) is 59.4 Å². The number of nitrogens with zero attached hydrogens (tertiary/aromatic N) is 4. The molecule has 0 saturated carbocycles. The zero-order valence-corrected chi connectivity index (χ0v) is 19.7. The van der Waals surface area contributed by atoms with E-state index >= 15 is 0 Å². The van der Waals surface area contributed by atoms with Gasteiger partial charge in [0.05, 0.1) is 22.7 Å². The predicted octanol–water partition coefficient (Wildman–Crippen LogP) is 3.51. The predicted molar refractivity (Wildman–Crippen MR) is 135 cm³/mol. The number of imidazole rings is 1. The molecule has 35 heavy (non-hydrogen) atoms. The number of piperidine rings is 1. The molecule has 4 aromatic rings. The molecule has 7 nitrogen and oxygen atoms in total. The van der Waals surface area contributed by atoms with Crippen molar-refractivity contribution in [1.29, 1.82) is 5.26 Å². The van der Waals surface area contributed by atoms with Gasteiger partial charge < -0.3 is 5.32 Å². The highest BCUT2D eigenvalue weighted by Gasteiger charge is 2.33. The van der Waals surface area contributed by atoms with Crippen LogP contribution in [0.3, 0.4) is 0 Å². The van der Waals surface area contributed by atoms with Gasteiger partial charge >= 0.3 is 5.69 Å². The summed E-state index contributed by atoms with van der Waals surface area (Å²) in [6.07, 6.45) is 2.71. The Balaban J connectivity index is 1.28. The van der Waals surface area contributed by atoms with Crippen LogP contribution >= 0.6 is 0 Å². The van der Waals surface area contributed by atoms with Crippen molar-refractivity contribution in [2.75, 3.05) is 20.1 Å². The summed E-state index contributed by atoms with van der Waals surface area (Å²) in [6, 6.07) is 20.8. The molecule has 1 fully saturated rings. The van der Waals surface area contributed by atoms with E-state index in [0.29, 0.717) is 6.04 Å². The fourth-order valence-electron chi connectivity index (χ4n) is 6.12. The third-order valence-corrected chi connectivity index (χ3v) is 7.81. The van der Waals surface area contributed by atoms with Gasteiger partial charge in [-0.25, -0.2) is 4.79 Å². The van der Waals surface area contributed by atoms with E-state index in [-0.39, 0.29) is 24.2 Å². The number of amides is 1. The lowest BCUT2D eigenvalue weighted by Gasteiger charge is -2.36. The summed E-state index contributed by atoms with van der Waals surface area (Å²) in [7, 11) is 1.59. The number of para-hydroxylation sites is 2. The van der Waals surface area contributed by atoms with Crippen molar-refractivity contribution in [1.82, 2.24) is 19.4 Å². The van der Waals surface area contributed by atoms with Crippen LogP contribution in [0, 0.1) is 11.3 Å². The molecule has 0 bridgehead atoms. The van der Waals surface area contributed by atoms with Crippen LogP contribution in [0.1, 0.15) is 41.6 Å². The summed E-state index contributed by atoms with van der Waals surface area (Å²) in [6.45, 7) is 1.81. The number of carbonyl (C=O) groups excluding carboxylic acids is 1. The molecule has 1 aromatic heterocycles. The smallest absolute Gasteiger partial charge is 0.329 e. The highest BCUT2D eigenvalue weighted by molar-refractivity contribution is 5.95. The van der Waals surface area contributed by atoms with Crippen molar-refractivity contribution in [3.63, 3.8) is 0 Å². The van der Waals surface area contributed by atoms with Gasteiger partial charge in [0.1, 0.15) is 6.54 Å². The van der Waals surface area contributed by atoms with Gasteiger partial charge in [0, 0.05) is 37.6 Å². The van der Waals surface area contributed by atoms with Gasteiger partial charge in [-0.2, -0.15) is 5.26 Å². The van der Waals surface area contributed by atoms with E-state index in [0.717, 1.165) is 54.3 Å². The van der Waals surface area contributed by atoms with Crippen LogP contribution in [0.2, 0.25) is 0 Å². The van der Waals surface area contributed by atoms with Crippen molar-refractivity contribution in [3.05, 3.63) is 81.8 Å². The summed E-state index contributed by atoms with van der Waals surface area (Å²) >= 11 is 0. The van der Waals surface area contributed by atoms with Crippen molar-refractivity contribution < 1.29 is 4.79 Å². The molecule has 1 N–H and O–H groups in total. The number of nitriles is 1. The fourth-order valence-corrected chi connectivity index (χ4v) is 6.12. The Hall–Kier alpha value is -3.89. The lowest BCUT2D eigenvalue weighted by molar-refractivity contribution is -0.121. The lowest BCUT2D eigenvalue weighted by atomic mass is 9.98. The van der Waals surface area contributed by atoms with Crippen LogP contribution < -0.4 is 11.0 Å². The minimum absolute atomic E-state index is 0.0245. The summed E-state index contributed by atoms with van der Waals surface area (Å²) in [5.41, 5.74) is 4.94. The van der Waals surface area contributed by atoms with Crippen molar-refractivity contribution in [2.24, 2.45) is 0 Å². The van der Waals surface area contributed by atoms with Crippen molar-refractivity contribution >= 4 is 27.7 Å². The van der Waals surface area contributed by atoms with Gasteiger partial charge in [-0.15, -0.1) is 0 Å². The largest absolute Gasteiger partial charge is 0.358 e. The third-order valence-electron chi connectivity index (χ3n) is 7.81. The molecule has 1 atom stereocenters. The number of fused-ring (bicyclic) bond motifs is 1. The Morgan fingerprint density at radius 3 is 2.57 bits per heavy atom. The minimum Gasteiger partial charge on any atom is -0.358 e. The molecule has 0 radical (unpaired) electrons. The van der Waals surface area contributed by atoms with E-state index < -0.39 is 0 Å². The second-order valence-electron chi connectivity index (χ2n) is 9.54. The molecule has 1 saturated heterocycles. The molecular weight excluding hydrogens is 438 g/mol. The Morgan fingerprint density at radius 2 is 1.83 bits per heavy atom. The summed E-state index contributed by atoms with van der Waals surface area (Å²) < 4.78 is 3.49. The molecular formula is C28H27N5O2. The monoisotopic (exact) mass is 465 g/mol. The molecule has 1 amide bonds. The first-order chi connectivity index (χ1) is 17.1. The van der Waals surface area contributed by atoms with Crippen LogP contribution in [0.4, 0.5) is 0 Å². The third kappa shape index (κ3) is 3.36. The summed E-state index contributed by atoms with van der Waals surface area (Å²) in [5, 5.41) is 14.5. The normalized spacial score (nSPS) is 18.2. The number of rotatable bonds is 4. The maximum atomic E-state index is 13.4. The number of nitrogens with one attached hydrogen (secondary N) is 1. The van der Waals surface area contributed by atoms with Gasteiger partial charge in [-0.05, 0) is 54.0 Å². The Bertz CT molecular complexity index is 1570. The van der Waals surface area contributed by atoms with Crippen LogP contribution in [0.25, 0.3) is 21.8 Å². The average molecular weight is 466 g/mol. The molecule has 6 rings (SSSR count). The maximum absolute atomic E-state index is 13.4. The molecule has 1 aliphatic heterocycles. The number of likely N-dealkylation sites (tertiary alicyclic amines) is 1. The van der Waals surface area contributed by atoms with Gasteiger partial charge in [-0.1, -0.05) is 36.4 Å². The van der Waals surface area contributed by atoms with Crippen LogP contribution in [0.5, 0.6) is 0 Å². The second-order valence-corrected chi connectivity index (χ2v) is 9.54. The first-order valence-corrected chi connectivity index (χ1v) is 12.2. The first-order valence-electron chi connectivity index (χ1n) is 12.2. The Labute approximate surface area is 203 Å². The minimum atomic E-state index is -0.181. The van der Waals surface area contributed by atoms with Gasteiger partial charge in [0.2, 0.25) is 5.91 Å². The zero-order valence-electron chi connectivity index (χ0n) is 19.7. The van der Waals surface area contributed by atoms with Crippen molar-refractivity contribution in [2.45, 2.75) is 37.9 Å². The maximum Gasteiger partial charge on any atom is 0.329 e. The van der Waals surface area contributed by atoms with E-state index in [2.05, 4.69) is 40.6 Å². The van der Waals surface area contributed by atoms with Crippen LogP contribution in [-0.4, -0.2) is 40.1 Å². The van der Waals surface area contributed by atoms with E-state index in [1.807, 2.05) is 34.9 Å². The van der Waals surface area contributed by atoms with E-state index in [1.165, 1.54) is 16.5 Å². The number of carbonyl (C=O) groups is 1. The molecule has 1 unspecified atom stereocenters.